The molecule has 1 aromatic heterocycles. The molecule has 2 nitrogen and oxygen atoms in total. The number of nitrogens with one attached hydrogen (secondary N) is 1. The van der Waals surface area contributed by atoms with Gasteiger partial charge in [-0.15, -0.1) is 11.3 Å². The van der Waals surface area contributed by atoms with Crippen LogP contribution in [-0.2, 0) is 4.74 Å². The van der Waals surface area contributed by atoms with Crippen molar-refractivity contribution >= 4 is 27.3 Å². The predicted molar refractivity (Wildman–Crippen MR) is 67.4 cm³/mol. The van der Waals surface area contributed by atoms with Gasteiger partial charge < -0.3 is 10.1 Å². The van der Waals surface area contributed by atoms with Crippen molar-refractivity contribution in [2.75, 3.05) is 13.2 Å². The second kappa shape index (κ2) is 5.43. The minimum absolute atomic E-state index is 0.422. The maximum Gasteiger partial charge on any atom is 0.0701 e. The second-order valence-electron chi connectivity index (χ2n) is 3.91. The van der Waals surface area contributed by atoms with Crippen LogP contribution in [0.15, 0.2) is 15.9 Å². The Morgan fingerprint density at radius 3 is 3.13 bits per heavy atom. The van der Waals surface area contributed by atoms with Gasteiger partial charge >= 0.3 is 0 Å². The monoisotopic (exact) mass is 289 g/mol. The minimum atomic E-state index is 0.422. The first-order valence-corrected chi connectivity index (χ1v) is 6.97. The highest BCUT2D eigenvalue weighted by Gasteiger charge is 2.16. The van der Waals surface area contributed by atoms with Crippen molar-refractivity contribution < 1.29 is 4.74 Å². The Kier molecular flexibility index (Phi) is 4.20. The predicted octanol–water partition coefficient (Wildman–Crippen LogP) is 3.34. The number of rotatable bonds is 4. The second-order valence-corrected chi connectivity index (χ2v) is 6.40. The largest absolute Gasteiger partial charge is 0.377 e. The summed E-state index contributed by atoms with van der Waals surface area (Å²) in [4.78, 5) is 1.37. The molecular weight excluding hydrogens is 274 g/mol. The Morgan fingerprint density at radius 2 is 2.53 bits per heavy atom. The van der Waals surface area contributed by atoms with E-state index in [-0.39, 0.29) is 0 Å². The van der Waals surface area contributed by atoms with Crippen LogP contribution < -0.4 is 5.32 Å². The van der Waals surface area contributed by atoms with E-state index in [1.807, 2.05) is 0 Å². The molecule has 0 aliphatic carbocycles. The van der Waals surface area contributed by atoms with Crippen molar-refractivity contribution in [2.45, 2.75) is 31.9 Å². The lowest BCUT2D eigenvalue weighted by Gasteiger charge is -2.15. The molecule has 1 aliphatic heterocycles. The first-order chi connectivity index (χ1) is 7.25. The van der Waals surface area contributed by atoms with E-state index in [0.29, 0.717) is 12.1 Å². The van der Waals surface area contributed by atoms with E-state index < -0.39 is 0 Å². The van der Waals surface area contributed by atoms with Crippen molar-refractivity contribution in [1.82, 2.24) is 5.32 Å². The Morgan fingerprint density at radius 1 is 1.67 bits per heavy atom. The van der Waals surface area contributed by atoms with Gasteiger partial charge in [0.15, 0.2) is 0 Å². The Labute approximate surface area is 103 Å². The summed E-state index contributed by atoms with van der Waals surface area (Å²) in [6.07, 6.45) is 2.84. The molecule has 1 aliphatic rings. The number of thiophene rings is 1. The molecule has 1 saturated heterocycles. The van der Waals surface area contributed by atoms with E-state index in [0.717, 1.165) is 13.2 Å². The molecule has 2 rings (SSSR count). The van der Waals surface area contributed by atoms with Gasteiger partial charge in [0.2, 0.25) is 0 Å². The summed E-state index contributed by atoms with van der Waals surface area (Å²) in [5.74, 6) is 0. The molecule has 0 radical (unpaired) electrons. The van der Waals surface area contributed by atoms with Crippen LogP contribution in [0, 0.1) is 0 Å². The lowest BCUT2D eigenvalue weighted by atomic mass is 10.2. The first kappa shape index (κ1) is 11.6. The van der Waals surface area contributed by atoms with E-state index in [2.05, 4.69) is 40.3 Å². The summed E-state index contributed by atoms with van der Waals surface area (Å²) in [5.41, 5.74) is 0. The Balaban J connectivity index is 1.79. The van der Waals surface area contributed by atoms with Crippen LogP contribution >= 0.6 is 27.3 Å². The van der Waals surface area contributed by atoms with Gasteiger partial charge in [0, 0.05) is 24.1 Å². The zero-order chi connectivity index (χ0) is 10.7. The average Bonchev–Trinajstić information content (AvgIpc) is 2.84. The molecular formula is C11H16BrNOS. The smallest absolute Gasteiger partial charge is 0.0701 e. The highest BCUT2D eigenvalue weighted by Crippen LogP contribution is 2.27. The van der Waals surface area contributed by atoms with Gasteiger partial charge in [0.1, 0.15) is 0 Å². The highest BCUT2D eigenvalue weighted by atomic mass is 79.9. The zero-order valence-electron chi connectivity index (χ0n) is 8.83. The third-order valence-electron chi connectivity index (χ3n) is 2.70. The molecule has 84 valence electrons. The minimum Gasteiger partial charge on any atom is -0.377 e. The summed E-state index contributed by atoms with van der Waals surface area (Å²) in [6, 6.07) is 4.69. The third-order valence-corrected chi connectivity index (χ3v) is 4.50. The van der Waals surface area contributed by atoms with E-state index in [9.17, 15) is 0 Å². The van der Waals surface area contributed by atoms with Crippen LogP contribution in [0.2, 0.25) is 0 Å². The van der Waals surface area contributed by atoms with Crippen molar-refractivity contribution in [1.29, 1.82) is 0 Å². The van der Waals surface area contributed by atoms with Crippen LogP contribution in [-0.4, -0.2) is 19.3 Å². The average molecular weight is 290 g/mol. The quantitative estimate of drug-likeness (QED) is 0.918. The molecule has 0 unspecified atom stereocenters. The van der Waals surface area contributed by atoms with E-state index >= 15 is 0 Å². The summed E-state index contributed by atoms with van der Waals surface area (Å²) in [7, 11) is 0. The van der Waals surface area contributed by atoms with Gasteiger partial charge in [-0.05, 0) is 47.8 Å². The lowest BCUT2D eigenvalue weighted by molar-refractivity contribution is 0.108. The van der Waals surface area contributed by atoms with Gasteiger partial charge in [0.05, 0.1) is 9.89 Å². The standard InChI is InChI=1S/C11H16BrNOS/c1-8(10-4-5-11(12)15-10)13-7-9-3-2-6-14-9/h4-5,8-9,13H,2-3,6-7H2,1H3/t8-,9-/m0/s1. The molecule has 15 heavy (non-hydrogen) atoms. The van der Waals surface area contributed by atoms with Crippen molar-refractivity contribution in [3.8, 4) is 0 Å². The fourth-order valence-electron chi connectivity index (χ4n) is 1.78. The van der Waals surface area contributed by atoms with Crippen molar-refractivity contribution in [3.63, 3.8) is 0 Å². The number of halogens is 1. The van der Waals surface area contributed by atoms with Gasteiger partial charge in [-0.25, -0.2) is 0 Å². The third kappa shape index (κ3) is 3.28. The normalized spacial score (nSPS) is 23.2. The summed E-state index contributed by atoms with van der Waals surface area (Å²) in [6.45, 7) is 4.11. The summed E-state index contributed by atoms with van der Waals surface area (Å²) < 4.78 is 6.77. The fraction of sp³-hybridized carbons (Fsp3) is 0.636. The Hall–Kier alpha value is 0.1000. The topological polar surface area (TPSA) is 21.3 Å². The summed E-state index contributed by atoms with van der Waals surface area (Å²) in [5, 5.41) is 3.52. The SMILES string of the molecule is C[C@H](NC[C@@H]1CCCO1)c1ccc(Br)s1. The van der Waals surface area contributed by atoms with Crippen molar-refractivity contribution in [3.05, 3.63) is 20.8 Å². The van der Waals surface area contributed by atoms with Crippen LogP contribution in [0.25, 0.3) is 0 Å². The number of hydrogen-bond donors (Lipinski definition) is 1. The number of ether oxygens (including phenoxy) is 1. The van der Waals surface area contributed by atoms with Crippen LogP contribution in [0.1, 0.15) is 30.7 Å². The molecule has 0 saturated carbocycles. The molecule has 0 amide bonds. The van der Waals surface area contributed by atoms with E-state index in [4.69, 9.17) is 4.74 Å². The molecule has 1 fully saturated rings. The van der Waals surface area contributed by atoms with Gasteiger partial charge in [-0.2, -0.15) is 0 Å². The molecule has 1 N–H and O–H groups in total. The van der Waals surface area contributed by atoms with Crippen LogP contribution in [0.4, 0.5) is 0 Å². The van der Waals surface area contributed by atoms with Crippen molar-refractivity contribution in [2.24, 2.45) is 0 Å². The molecule has 0 aromatic carbocycles. The Bertz CT molecular complexity index is 309. The molecule has 2 heterocycles. The van der Waals surface area contributed by atoms with E-state index in [1.165, 1.54) is 21.5 Å². The van der Waals surface area contributed by atoms with Gasteiger partial charge in [-0.1, -0.05) is 0 Å². The highest BCUT2D eigenvalue weighted by molar-refractivity contribution is 9.11. The maximum atomic E-state index is 5.58. The first-order valence-electron chi connectivity index (χ1n) is 5.36. The summed E-state index contributed by atoms with van der Waals surface area (Å²) >= 11 is 5.28. The fourth-order valence-corrected chi connectivity index (χ4v) is 3.23. The van der Waals surface area contributed by atoms with Gasteiger partial charge in [-0.3, -0.25) is 0 Å². The molecule has 0 spiro atoms. The van der Waals surface area contributed by atoms with E-state index in [1.54, 1.807) is 11.3 Å². The molecule has 1 aromatic rings. The molecule has 0 bridgehead atoms. The lowest BCUT2D eigenvalue weighted by Crippen LogP contribution is -2.28. The van der Waals surface area contributed by atoms with Crippen LogP contribution in [0.5, 0.6) is 0 Å². The zero-order valence-corrected chi connectivity index (χ0v) is 11.2. The van der Waals surface area contributed by atoms with Crippen LogP contribution in [0.3, 0.4) is 0 Å². The number of hydrogen-bond acceptors (Lipinski definition) is 3. The maximum absolute atomic E-state index is 5.58. The molecule has 4 heteroatoms. The molecule has 2 atom stereocenters. The van der Waals surface area contributed by atoms with Gasteiger partial charge in [0.25, 0.3) is 0 Å².